The number of rotatable bonds is 3. The highest BCUT2D eigenvalue weighted by atomic mass is 16.7. The maximum Gasteiger partial charge on any atom is 0.187 e. The van der Waals surface area contributed by atoms with Crippen molar-refractivity contribution in [3.63, 3.8) is 0 Å². The van der Waals surface area contributed by atoms with Crippen molar-refractivity contribution in [2.75, 3.05) is 6.61 Å². The number of ether oxygens (including phenoxy) is 2. The van der Waals surface area contributed by atoms with Gasteiger partial charge in [-0.25, -0.2) is 0 Å². The highest BCUT2D eigenvalue weighted by Gasteiger charge is 2.47. The Kier molecular flexibility index (Phi) is 5.06. The Morgan fingerprint density at radius 3 is 2.45 bits per heavy atom. The summed E-state index contributed by atoms with van der Waals surface area (Å²) in [5.74, 6) is 0.0103. The van der Waals surface area contributed by atoms with E-state index in [1.165, 1.54) is 6.08 Å². The first kappa shape index (κ1) is 17.5. The summed E-state index contributed by atoms with van der Waals surface area (Å²) in [4.78, 5) is 11.7. The number of hydrogen-bond donors (Lipinski definition) is 4. The van der Waals surface area contributed by atoms with Crippen LogP contribution in [-0.2, 0) is 14.3 Å². The largest absolute Gasteiger partial charge is 0.394 e. The number of carbonyl (C=O) groups excluding carboxylic acids is 1. The lowest BCUT2D eigenvalue weighted by molar-refractivity contribution is -0.315. The zero-order valence-electron chi connectivity index (χ0n) is 13.0. The predicted octanol–water partition coefficient (Wildman–Crippen LogP) is -0.883. The molecule has 0 spiro atoms. The topological polar surface area (TPSA) is 116 Å². The Hall–Kier alpha value is -0.830. The molecule has 6 atom stereocenters. The Morgan fingerprint density at radius 2 is 1.91 bits per heavy atom. The van der Waals surface area contributed by atoms with Crippen molar-refractivity contribution in [1.29, 1.82) is 0 Å². The first-order valence-electron chi connectivity index (χ1n) is 7.34. The number of aliphatic hydroxyl groups excluding tert-OH is 4. The van der Waals surface area contributed by atoms with Crippen LogP contribution in [0.25, 0.3) is 0 Å². The quantitative estimate of drug-likeness (QED) is 0.534. The molecule has 0 amide bonds. The van der Waals surface area contributed by atoms with Crippen LogP contribution >= 0.6 is 0 Å². The van der Waals surface area contributed by atoms with Crippen LogP contribution in [0.1, 0.15) is 27.2 Å². The summed E-state index contributed by atoms with van der Waals surface area (Å²) in [6.07, 6.45) is -5.24. The average Bonchev–Trinajstić information content (AvgIpc) is 2.41. The molecule has 2 rings (SSSR count). The molecular formula is C15H24O7. The van der Waals surface area contributed by atoms with Gasteiger partial charge in [-0.3, -0.25) is 4.79 Å². The van der Waals surface area contributed by atoms with Gasteiger partial charge in [0.15, 0.2) is 12.1 Å². The third-order valence-corrected chi connectivity index (χ3v) is 4.26. The standard InChI is InChI=1S/C15H24O7/c1-7-4-8(17)5-15(2,3)13(7)22-14-12(20)11(19)10(18)9(6-16)21-14/h4,9-14,16,18-20H,5-6H2,1-3H3. The van der Waals surface area contributed by atoms with Crippen molar-refractivity contribution < 1.29 is 34.7 Å². The molecular weight excluding hydrogens is 292 g/mol. The molecule has 1 saturated heterocycles. The summed E-state index contributed by atoms with van der Waals surface area (Å²) in [5.41, 5.74) is 0.215. The molecule has 2 aliphatic rings. The van der Waals surface area contributed by atoms with Crippen LogP contribution in [0.15, 0.2) is 11.6 Å². The van der Waals surface area contributed by atoms with E-state index in [4.69, 9.17) is 9.47 Å². The van der Waals surface area contributed by atoms with Gasteiger partial charge in [0.05, 0.1) is 12.7 Å². The third kappa shape index (κ3) is 3.24. The van der Waals surface area contributed by atoms with Crippen LogP contribution in [-0.4, -0.2) is 69.6 Å². The van der Waals surface area contributed by atoms with E-state index in [2.05, 4.69) is 0 Å². The van der Waals surface area contributed by atoms with Gasteiger partial charge >= 0.3 is 0 Å². The molecule has 0 saturated carbocycles. The van der Waals surface area contributed by atoms with Crippen LogP contribution in [0.4, 0.5) is 0 Å². The normalized spacial score (nSPS) is 42.1. The zero-order chi connectivity index (χ0) is 16.7. The van der Waals surface area contributed by atoms with E-state index >= 15 is 0 Å². The van der Waals surface area contributed by atoms with Gasteiger partial charge in [-0.1, -0.05) is 13.8 Å². The molecule has 1 fully saturated rings. The zero-order valence-corrected chi connectivity index (χ0v) is 13.0. The number of hydrogen-bond acceptors (Lipinski definition) is 7. The van der Waals surface area contributed by atoms with Gasteiger partial charge in [0.25, 0.3) is 0 Å². The minimum Gasteiger partial charge on any atom is -0.394 e. The molecule has 6 unspecified atom stereocenters. The fourth-order valence-electron chi connectivity index (χ4n) is 3.14. The van der Waals surface area contributed by atoms with Gasteiger partial charge in [0.1, 0.15) is 24.4 Å². The van der Waals surface area contributed by atoms with Crippen molar-refractivity contribution in [2.24, 2.45) is 5.41 Å². The van der Waals surface area contributed by atoms with E-state index in [9.17, 15) is 25.2 Å². The first-order chi connectivity index (χ1) is 10.2. The third-order valence-electron chi connectivity index (χ3n) is 4.26. The van der Waals surface area contributed by atoms with Gasteiger partial charge < -0.3 is 29.9 Å². The second-order valence-electron chi connectivity index (χ2n) is 6.73. The molecule has 0 bridgehead atoms. The second-order valence-corrected chi connectivity index (χ2v) is 6.73. The fourth-order valence-corrected chi connectivity index (χ4v) is 3.14. The fraction of sp³-hybridized carbons (Fsp3) is 0.800. The number of ketones is 1. The predicted molar refractivity (Wildman–Crippen MR) is 75.8 cm³/mol. The number of carbonyl (C=O) groups is 1. The van der Waals surface area contributed by atoms with Crippen LogP contribution < -0.4 is 0 Å². The van der Waals surface area contributed by atoms with Gasteiger partial charge in [-0.05, 0) is 18.6 Å². The molecule has 4 N–H and O–H groups in total. The van der Waals surface area contributed by atoms with Crippen molar-refractivity contribution in [2.45, 2.75) is 64.0 Å². The van der Waals surface area contributed by atoms with E-state index in [0.717, 1.165) is 0 Å². The van der Waals surface area contributed by atoms with Gasteiger partial charge in [0, 0.05) is 11.8 Å². The molecule has 22 heavy (non-hydrogen) atoms. The first-order valence-corrected chi connectivity index (χ1v) is 7.34. The molecule has 0 radical (unpaired) electrons. The SMILES string of the molecule is CC1=CC(=O)CC(C)(C)C1OC1OC(CO)C(O)C(O)C1O. The van der Waals surface area contributed by atoms with Gasteiger partial charge in [0.2, 0.25) is 0 Å². The van der Waals surface area contributed by atoms with Gasteiger partial charge in [-0.15, -0.1) is 0 Å². The lowest BCUT2D eigenvalue weighted by Crippen LogP contribution is -2.60. The van der Waals surface area contributed by atoms with Crippen LogP contribution in [0.5, 0.6) is 0 Å². The Balaban J connectivity index is 2.18. The van der Waals surface area contributed by atoms with Crippen molar-refractivity contribution in [1.82, 2.24) is 0 Å². The van der Waals surface area contributed by atoms with E-state index in [1.54, 1.807) is 6.92 Å². The average molecular weight is 316 g/mol. The molecule has 0 aromatic carbocycles. The minimum absolute atomic E-state index is 0.0103. The molecule has 126 valence electrons. The Labute approximate surface area is 129 Å². The van der Waals surface area contributed by atoms with Gasteiger partial charge in [-0.2, -0.15) is 0 Å². The van der Waals surface area contributed by atoms with Crippen molar-refractivity contribution in [3.05, 3.63) is 11.6 Å². The Morgan fingerprint density at radius 1 is 1.27 bits per heavy atom. The summed E-state index contributed by atoms with van der Waals surface area (Å²) in [6, 6.07) is 0. The van der Waals surface area contributed by atoms with E-state index in [-0.39, 0.29) is 5.78 Å². The van der Waals surface area contributed by atoms with E-state index in [0.29, 0.717) is 12.0 Å². The highest BCUT2D eigenvalue weighted by Crippen LogP contribution is 2.38. The molecule has 0 aromatic rings. The summed E-state index contributed by atoms with van der Waals surface area (Å²) in [5, 5.41) is 38.8. The molecule has 7 heteroatoms. The van der Waals surface area contributed by atoms with Crippen molar-refractivity contribution in [3.8, 4) is 0 Å². The Bertz CT molecular complexity index is 457. The second kappa shape index (κ2) is 6.35. The smallest absolute Gasteiger partial charge is 0.187 e. The van der Waals surface area contributed by atoms with Crippen LogP contribution in [0, 0.1) is 5.41 Å². The van der Waals surface area contributed by atoms with Crippen LogP contribution in [0.3, 0.4) is 0 Å². The van der Waals surface area contributed by atoms with Crippen molar-refractivity contribution >= 4 is 5.78 Å². The lowest BCUT2D eigenvalue weighted by Gasteiger charge is -2.44. The molecule has 0 aromatic heterocycles. The summed E-state index contributed by atoms with van der Waals surface area (Å²) >= 11 is 0. The number of allylic oxidation sites excluding steroid dienone is 1. The molecule has 1 aliphatic heterocycles. The number of aliphatic hydroxyl groups is 4. The molecule has 1 heterocycles. The summed E-state index contributed by atoms with van der Waals surface area (Å²) in [6.45, 7) is 4.99. The molecule has 1 aliphatic carbocycles. The molecule has 7 nitrogen and oxygen atoms in total. The monoisotopic (exact) mass is 316 g/mol. The summed E-state index contributed by atoms with van der Waals surface area (Å²) in [7, 11) is 0. The maximum atomic E-state index is 11.7. The van der Waals surface area contributed by atoms with E-state index in [1.807, 2.05) is 13.8 Å². The minimum atomic E-state index is -1.48. The maximum absolute atomic E-state index is 11.7. The lowest BCUT2D eigenvalue weighted by atomic mass is 9.74. The summed E-state index contributed by atoms with van der Waals surface area (Å²) < 4.78 is 11.2. The van der Waals surface area contributed by atoms with Crippen LogP contribution in [0.2, 0.25) is 0 Å². The van der Waals surface area contributed by atoms with E-state index < -0.39 is 48.8 Å². The highest BCUT2D eigenvalue weighted by molar-refractivity contribution is 5.92.